The van der Waals surface area contributed by atoms with Gasteiger partial charge in [-0.2, -0.15) is 0 Å². The van der Waals surface area contributed by atoms with Gasteiger partial charge in [-0.25, -0.2) is 9.97 Å². The number of imidazole rings is 2. The van der Waals surface area contributed by atoms with E-state index in [0.29, 0.717) is 6.54 Å². The van der Waals surface area contributed by atoms with Crippen molar-refractivity contribution >= 4 is 30.5 Å². The first kappa shape index (κ1) is 19.7. The smallest absolute Gasteiger partial charge is 0.269 e. The van der Waals surface area contributed by atoms with Crippen LogP contribution in [-0.4, -0.2) is 24.0 Å². The molecule has 9 heteroatoms. The predicted octanol–water partition coefficient (Wildman–Crippen LogP) is 3.43. The van der Waals surface area contributed by atoms with Crippen LogP contribution in [0.2, 0.25) is 0 Å². The third-order valence-electron chi connectivity index (χ3n) is 3.45. The summed E-state index contributed by atoms with van der Waals surface area (Å²) < 4.78 is 3.91. The Bertz CT molecular complexity index is 798. The highest BCUT2D eigenvalue weighted by molar-refractivity contribution is 5.85. The minimum atomic E-state index is -0.408. The normalized spacial score (nSPS) is 9.88. The van der Waals surface area contributed by atoms with E-state index in [2.05, 4.69) is 21.5 Å². The molecule has 0 bridgehead atoms. The molecule has 7 nitrogen and oxygen atoms in total. The Morgan fingerprint density at radius 1 is 1.17 bits per heavy atom. The van der Waals surface area contributed by atoms with Crippen LogP contribution in [0.25, 0.3) is 5.69 Å². The Balaban J connectivity index is 0.00000144. The molecule has 3 rings (SSSR count). The van der Waals surface area contributed by atoms with Crippen molar-refractivity contribution in [1.82, 2.24) is 19.1 Å². The molecular formula is C15H17Cl2N5O2. The lowest BCUT2D eigenvalue weighted by atomic mass is 10.3. The van der Waals surface area contributed by atoms with E-state index in [1.54, 1.807) is 24.7 Å². The fraction of sp³-hybridized carbons (Fsp3) is 0.200. The molecule has 0 N–H and O–H groups in total. The average Bonchev–Trinajstić information content (AvgIpc) is 3.17. The molecule has 0 aliphatic rings. The Morgan fingerprint density at radius 2 is 1.88 bits per heavy atom. The number of nitro benzene ring substituents is 1. The van der Waals surface area contributed by atoms with Gasteiger partial charge in [0, 0.05) is 42.8 Å². The predicted molar refractivity (Wildman–Crippen MR) is 95.4 cm³/mol. The Hall–Kier alpha value is -2.38. The zero-order valence-corrected chi connectivity index (χ0v) is 14.5. The van der Waals surface area contributed by atoms with Crippen molar-refractivity contribution in [2.24, 2.45) is 0 Å². The molecule has 0 radical (unpaired) electrons. The molecule has 24 heavy (non-hydrogen) atoms. The summed E-state index contributed by atoms with van der Waals surface area (Å²) in [6.45, 7) is 2.72. The van der Waals surface area contributed by atoms with E-state index in [4.69, 9.17) is 0 Å². The number of nitro groups is 1. The number of benzene rings is 1. The van der Waals surface area contributed by atoms with Crippen LogP contribution in [0, 0.1) is 10.1 Å². The number of nitrogens with zero attached hydrogens (tertiary/aromatic N) is 5. The van der Waals surface area contributed by atoms with E-state index in [9.17, 15) is 10.1 Å². The molecule has 0 aliphatic carbocycles. The number of halogens is 2. The molecule has 0 unspecified atom stereocenters. The van der Waals surface area contributed by atoms with Gasteiger partial charge < -0.3 is 9.13 Å². The second-order valence-electron chi connectivity index (χ2n) is 4.87. The lowest BCUT2D eigenvalue weighted by Gasteiger charge is -2.03. The Labute approximate surface area is 151 Å². The molecule has 0 aliphatic heterocycles. The molecule has 2 heterocycles. The molecule has 0 saturated carbocycles. The standard InChI is InChI=1S/C15H15N5O2.2ClH/c1-2-15-16-7-8-18(15)9-12-10-19(11-17-12)13-3-5-14(6-4-13)20(21)22;;/h3-8,10-11H,2,9H2,1H3;2*1H. The minimum Gasteiger partial charge on any atom is -0.329 e. The second-order valence-corrected chi connectivity index (χ2v) is 4.87. The van der Waals surface area contributed by atoms with Gasteiger partial charge in [0.2, 0.25) is 0 Å². The average molecular weight is 370 g/mol. The van der Waals surface area contributed by atoms with E-state index >= 15 is 0 Å². The number of hydrogen-bond acceptors (Lipinski definition) is 4. The first-order valence-corrected chi connectivity index (χ1v) is 6.95. The third kappa shape index (κ3) is 4.12. The van der Waals surface area contributed by atoms with E-state index in [1.165, 1.54) is 12.1 Å². The summed E-state index contributed by atoms with van der Waals surface area (Å²) in [7, 11) is 0. The van der Waals surface area contributed by atoms with Crippen molar-refractivity contribution in [2.75, 3.05) is 0 Å². The Morgan fingerprint density at radius 3 is 2.50 bits per heavy atom. The van der Waals surface area contributed by atoms with Crippen LogP contribution in [0.1, 0.15) is 18.4 Å². The lowest BCUT2D eigenvalue weighted by molar-refractivity contribution is -0.384. The van der Waals surface area contributed by atoms with Crippen molar-refractivity contribution in [3.63, 3.8) is 0 Å². The highest BCUT2D eigenvalue weighted by Crippen LogP contribution is 2.16. The molecule has 0 saturated heterocycles. The summed E-state index contributed by atoms with van der Waals surface area (Å²) in [4.78, 5) is 18.9. The molecule has 128 valence electrons. The minimum absolute atomic E-state index is 0. The van der Waals surface area contributed by atoms with Gasteiger partial charge >= 0.3 is 0 Å². The van der Waals surface area contributed by atoms with Gasteiger partial charge in [0.15, 0.2) is 0 Å². The molecule has 1 aromatic carbocycles. The lowest BCUT2D eigenvalue weighted by Crippen LogP contribution is -2.03. The van der Waals surface area contributed by atoms with Gasteiger partial charge in [0.25, 0.3) is 5.69 Å². The van der Waals surface area contributed by atoms with Gasteiger partial charge in [0.1, 0.15) is 5.82 Å². The summed E-state index contributed by atoms with van der Waals surface area (Å²) in [6, 6.07) is 6.39. The van der Waals surface area contributed by atoms with Crippen molar-refractivity contribution in [1.29, 1.82) is 0 Å². The first-order valence-electron chi connectivity index (χ1n) is 6.95. The first-order chi connectivity index (χ1) is 10.7. The largest absolute Gasteiger partial charge is 0.329 e. The maximum atomic E-state index is 10.7. The van der Waals surface area contributed by atoms with Crippen LogP contribution in [-0.2, 0) is 13.0 Å². The maximum Gasteiger partial charge on any atom is 0.269 e. The molecule has 0 amide bonds. The van der Waals surface area contributed by atoms with Crippen LogP contribution < -0.4 is 0 Å². The van der Waals surface area contributed by atoms with E-state index < -0.39 is 4.92 Å². The Kier molecular flexibility index (Phi) is 6.94. The highest BCUT2D eigenvalue weighted by Gasteiger charge is 2.07. The quantitative estimate of drug-likeness (QED) is 0.509. The fourth-order valence-corrected chi connectivity index (χ4v) is 2.31. The van der Waals surface area contributed by atoms with Gasteiger partial charge in [0.05, 0.1) is 23.5 Å². The SMILES string of the molecule is CCc1nccn1Cc1cn(-c2ccc([N+](=O)[O-])cc2)cn1.Cl.Cl. The zero-order valence-electron chi connectivity index (χ0n) is 12.9. The van der Waals surface area contributed by atoms with Crippen molar-refractivity contribution in [3.05, 3.63) is 70.8 Å². The number of non-ortho nitro benzene ring substituents is 1. The van der Waals surface area contributed by atoms with Crippen LogP contribution in [0.4, 0.5) is 5.69 Å². The highest BCUT2D eigenvalue weighted by atomic mass is 35.5. The number of hydrogen-bond donors (Lipinski definition) is 0. The van der Waals surface area contributed by atoms with Crippen LogP contribution >= 0.6 is 24.8 Å². The molecule has 2 aromatic heterocycles. The summed E-state index contributed by atoms with van der Waals surface area (Å²) in [5.74, 6) is 1.02. The number of aryl methyl sites for hydroxylation is 1. The van der Waals surface area contributed by atoms with E-state index in [1.807, 2.05) is 17.0 Å². The van der Waals surface area contributed by atoms with E-state index in [-0.39, 0.29) is 30.5 Å². The maximum absolute atomic E-state index is 10.7. The van der Waals surface area contributed by atoms with Crippen molar-refractivity contribution in [2.45, 2.75) is 19.9 Å². The van der Waals surface area contributed by atoms with Crippen molar-refractivity contribution < 1.29 is 4.92 Å². The number of aromatic nitrogens is 4. The van der Waals surface area contributed by atoms with Crippen molar-refractivity contribution in [3.8, 4) is 5.69 Å². The molecule has 0 fully saturated rings. The summed E-state index contributed by atoms with van der Waals surface area (Å²) in [5, 5.41) is 10.7. The fourth-order valence-electron chi connectivity index (χ4n) is 2.31. The van der Waals surface area contributed by atoms with Gasteiger partial charge in [-0.15, -0.1) is 24.8 Å². The molecule has 0 spiro atoms. The second kappa shape index (κ2) is 8.47. The molecule has 0 atom stereocenters. The van der Waals surface area contributed by atoms with Crippen LogP contribution in [0.3, 0.4) is 0 Å². The van der Waals surface area contributed by atoms with Crippen LogP contribution in [0.15, 0.2) is 49.2 Å². The topological polar surface area (TPSA) is 78.8 Å². The van der Waals surface area contributed by atoms with Gasteiger partial charge in [-0.05, 0) is 12.1 Å². The number of rotatable bonds is 5. The summed E-state index contributed by atoms with van der Waals surface area (Å²) in [6.07, 6.45) is 8.21. The summed E-state index contributed by atoms with van der Waals surface area (Å²) in [5.41, 5.74) is 1.83. The van der Waals surface area contributed by atoms with Crippen LogP contribution in [0.5, 0.6) is 0 Å². The molecule has 3 aromatic rings. The zero-order chi connectivity index (χ0) is 15.5. The van der Waals surface area contributed by atoms with Gasteiger partial charge in [-0.1, -0.05) is 6.92 Å². The van der Waals surface area contributed by atoms with Gasteiger partial charge in [-0.3, -0.25) is 10.1 Å². The van der Waals surface area contributed by atoms with E-state index in [0.717, 1.165) is 23.6 Å². The monoisotopic (exact) mass is 369 g/mol. The third-order valence-corrected chi connectivity index (χ3v) is 3.45. The molecular weight excluding hydrogens is 353 g/mol. The summed E-state index contributed by atoms with van der Waals surface area (Å²) >= 11 is 0.